The van der Waals surface area contributed by atoms with Crippen molar-refractivity contribution in [2.75, 3.05) is 23.7 Å². The Morgan fingerprint density at radius 1 is 1.00 bits per heavy atom. The van der Waals surface area contributed by atoms with E-state index in [1.54, 1.807) is 42.5 Å². The quantitative estimate of drug-likeness (QED) is 0.537. The molecule has 0 saturated carbocycles. The molecule has 3 heterocycles. The Morgan fingerprint density at radius 2 is 1.73 bits per heavy atom. The second-order valence-corrected chi connectivity index (χ2v) is 9.76. The Balaban J connectivity index is 1.50. The van der Waals surface area contributed by atoms with E-state index in [-0.39, 0.29) is 23.5 Å². The highest BCUT2D eigenvalue weighted by molar-refractivity contribution is 7.18. The van der Waals surface area contributed by atoms with E-state index in [2.05, 4.69) is 24.5 Å². The first-order valence-corrected chi connectivity index (χ1v) is 11.8. The first-order chi connectivity index (χ1) is 15.8. The van der Waals surface area contributed by atoms with Gasteiger partial charge in [-0.05, 0) is 61.1 Å². The molecule has 33 heavy (non-hydrogen) atoms. The van der Waals surface area contributed by atoms with Gasteiger partial charge in [0.2, 0.25) is 0 Å². The van der Waals surface area contributed by atoms with Gasteiger partial charge in [0.05, 0.1) is 27.4 Å². The van der Waals surface area contributed by atoms with Crippen molar-refractivity contribution in [1.29, 1.82) is 0 Å². The Kier molecular flexibility index (Phi) is 6.65. The van der Waals surface area contributed by atoms with Gasteiger partial charge in [0.25, 0.3) is 17.7 Å². The summed E-state index contributed by atoms with van der Waals surface area (Å²) < 4.78 is 5.11. The Morgan fingerprint density at radius 3 is 2.42 bits per heavy atom. The first kappa shape index (κ1) is 22.8. The SMILES string of the molecule is Cc1cc(NC(=O)c2ccco2)sc1C(=O)Nc1ccccc1C(=O)N1CC(C)CC(C)C1. The third kappa shape index (κ3) is 5.17. The lowest BCUT2D eigenvalue weighted by molar-refractivity contribution is 0.0624. The maximum Gasteiger partial charge on any atom is 0.291 e. The van der Waals surface area contributed by atoms with E-state index >= 15 is 0 Å². The minimum Gasteiger partial charge on any atom is -0.459 e. The van der Waals surface area contributed by atoms with E-state index in [9.17, 15) is 14.4 Å². The van der Waals surface area contributed by atoms with E-state index in [0.717, 1.165) is 12.0 Å². The van der Waals surface area contributed by atoms with Crippen LogP contribution in [0, 0.1) is 18.8 Å². The summed E-state index contributed by atoms with van der Waals surface area (Å²) in [6.07, 6.45) is 2.54. The second kappa shape index (κ2) is 9.62. The van der Waals surface area contributed by atoms with Crippen LogP contribution in [-0.4, -0.2) is 35.7 Å². The standard InChI is InChI=1S/C25H27N3O4S/c1-15-11-16(2)14-28(13-15)25(31)18-7-4-5-8-19(18)26-24(30)22-17(3)12-21(33-22)27-23(29)20-9-6-10-32-20/h4-10,12,15-16H,11,13-14H2,1-3H3,(H,26,30)(H,27,29). The fraction of sp³-hybridized carbons (Fsp3) is 0.320. The topological polar surface area (TPSA) is 91.6 Å². The summed E-state index contributed by atoms with van der Waals surface area (Å²) in [6, 6.07) is 12.0. The molecule has 4 rings (SSSR count). The molecule has 1 aliphatic rings. The lowest BCUT2D eigenvalue weighted by Crippen LogP contribution is -2.42. The van der Waals surface area contributed by atoms with Crippen LogP contribution in [-0.2, 0) is 0 Å². The number of amides is 3. The second-order valence-electron chi connectivity index (χ2n) is 8.71. The number of anilines is 2. The van der Waals surface area contributed by atoms with Crippen molar-refractivity contribution in [3.63, 3.8) is 0 Å². The van der Waals surface area contributed by atoms with Crippen LogP contribution in [0.25, 0.3) is 0 Å². The lowest BCUT2D eigenvalue weighted by atomic mass is 9.91. The Labute approximate surface area is 196 Å². The predicted octanol–water partition coefficient (Wildman–Crippen LogP) is 5.27. The number of piperidine rings is 1. The molecule has 1 aliphatic heterocycles. The molecule has 2 unspecified atom stereocenters. The molecule has 3 aromatic rings. The zero-order chi connectivity index (χ0) is 23.5. The zero-order valence-corrected chi connectivity index (χ0v) is 19.7. The molecule has 0 bridgehead atoms. The minimum atomic E-state index is -0.380. The smallest absolute Gasteiger partial charge is 0.291 e. The number of carbonyl (C=O) groups excluding carboxylic acids is 3. The molecule has 8 heteroatoms. The molecule has 2 atom stereocenters. The number of thiophene rings is 1. The number of likely N-dealkylation sites (tertiary alicyclic amines) is 1. The highest BCUT2D eigenvalue weighted by Gasteiger charge is 2.28. The summed E-state index contributed by atoms with van der Waals surface area (Å²) in [6.45, 7) is 7.56. The van der Waals surface area contributed by atoms with Crippen LogP contribution in [0.15, 0.2) is 53.1 Å². The zero-order valence-electron chi connectivity index (χ0n) is 18.9. The van der Waals surface area contributed by atoms with Crippen molar-refractivity contribution >= 4 is 39.7 Å². The predicted molar refractivity (Wildman–Crippen MR) is 129 cm³/mol. The molecule has 0 aliphatic carbocycles. The van der Waals surface area contributed by atoms with Crippen molar-refractivity contribution < 1.29 is 18.8 Å². The fourth-order valence-corrected chi connectivity index (χ4v) is 5.27. The van der Waals surface area contributed by atoms with E-state index in [4.69, 9.17) is 4.42 Å². The van der Waals surface area contributed by atoms with E-state index in [0.29, 0.717) is 46.1 Å². The summed E-state index contributed by atoms with van der Waals surface area (Å²) in [7, 11) is 0. The van der Waals surface area contributed by atoms with Crippen LogP contribution >= 0.6 is 11.3 Å². The number of para-hydroxylation sites is 1. The van der Waals surface area contributed by atoms with Crippen molar-refractivity contribution in [1.82, 2.24) is 4.90 Å². The molecule has 3 amide bonds. The van der Waals surface area contributed by atoms with Crippen LogP contribution in [0.1, 0.15) is 56.4 Å². The fourth-order valence-electron chi connectivity index (χ4n) is 4.31. The van der Waals surface area contributed by atoms with Gasteiger partial charge >= 0.3 is 0 Å². The van der Waals surface area contributed by atoms with Gasteiger partial charge in [0.15, 0.2) is 5.76 Å². The van der Waals surface area contributed by atoms with Crippen molar-refractivity contribution in [2.45, 2.75) is 27.2 Å². The lowest BCUT2D eigenvalue weighted by Gasteiger charge is -2.35. The van der Waals surface area contributed by atoms with Gasteiger partial charge in [-0.3, -0.25) is 14.4 Å². The molecule has 172 valence electrons. The number of benzene rings is 1. The molecule has 2 aromatic heterocycles. The van der Waals surface area contributed by atoms with Crippen molar-refractivity contribution in [2.24, 2.45) is 11.8 Å². The maximum atomic E-state index is 13.3. The molecule has 2 N–H and O–H groups in total. The minimum absolute atomic E-state index is 0.0707. The highest BCUT2D eigenvalue weighted by atomic mass is 32.1. The van der Waals surface area contributed by atoms with Gasteiger partial charge in [-0.2, -0.15) is 0 Å². The normalized spacial score (nSPS) is 18.1. The number of furan rings is 1. The average molecular weight is 466 g/mol. The summed E-state index contributed by atoms with van der Waals surface area (Å²) in [4.78, 5) is 40.9. The Bertz CT molecular complexity index is 1160. The van der Waals surface area contributed by atoms with Gasteiger partial charge in [0, 0.05) is 13.1 Å². The number of aryl methyl sites for hydroxylation is 1. The third-order valence-electron chi connectivity index (χ3n) is 5.67. The Hall–Kier alpha value is -3.39. The number of hydrogen-bond donors (Lipinski definition) is 2. The number of hydrogen-bond acceptors (Lipinski definition) is 5. The van der Waals surface area contributed by atoms with Gasteiger partial charge in [-0.25, -0.2) is 0 Å². The van der Waals surface area contributed by atoms with Crippen LogP contribution in [0.3, 0.4) is 0 Å². The number of nitrogens with one attached hydrogen (secondary N) is 2. The molecular formula is C25H27N3O4S. The molecule has 0 spiro atoms. The molecule has 0 radical (unpaired) electrons. The maximum absolute atomic E-state index is 13.3. The van der Waals surface area contributed by atoms with E-state index < -0.39 is 0 Å². The average Bonchev–Trinajstić information content (AvgIpc) is 3.43. The summed E-state index contributed by atoms with van der Waals surface area (Å²) in [5.41, 5.74) is 1.69. The highest BCUT2D eigenvalue weighted by Crippen LogP contribution is 2.29. The van der Waals surface area contributed by atoms with E-state index in [1.165, 1.54) is 17.6 Å². The molecule has 1 aromatic carbocycles. The summed E-state index contributed by atoms with van der Waals surface area (Å²) >= 11 is 1.17. The monoisotopic (exact) mass is 465 g/mol. The molecular weight excluding hydrogens is 438 g/mol. The number of nitrogens with zero attached hydrogens (tertiary/aromatic N) is 1. The van der Waals surface area contributed by atoms with Gasteiger partial charge < -0.3 is 20.0 Å². The number of rotatable bonds is 5. The number of carbonyl (C=O) groups is 3. The van der Waals surface area contributed by atoms with Gasteiger partial charge in [-0.1, -0.05) is 26.0 Å². The van der Waals surface area contributed by atoms with Gasteiger partial charge in [0.1, 0.15) is 0 Å². The largest absolute Gasteiger partial charge is 0.459 e. The van der Waals surface area contributed by atoms with Crippen LogP contribution < -0.4 is 10.6 Å². The first-order valence-electron chi connectivity index (χ1n) is 11.0. The molecule has 1 saturated heterocycles. The summed E-state index contributed by atoms with van der Waals surface area (Å²) in [5.74, 6) is 0.316. The molecule has 7 nitrogen and oxygen atoms in total. The van der Waals surface area contributed by atoms with Crippen molar-refractivity contribution in [3.8, 4) is 0 Å². The van der Waals surface area contributed by atoms with Crippen LogP contribution in [0.2, 0.25) is 0 Å². The molecule has 1 fully saturated rings. The van der Waals surface area contributed by atoms with E-state index in [1.807, 2.05) is 11.8 Å². The van der Waals surface area contributed by atoms with Crippen molar-refractivity contribution in [3.05, 3.63) is 70.5 Å². The van der Waals surface area contributed by atoms with Gasteiger partial charge in [-0.15, -0.1) is 11.3 Å². The van der Waals surface area contributed by atoms with Crippen LogP contribution in [0.4, 0.5) is 10.7 Å². The van der Waals surface area contributed by atoms with Crippen LogP contribution in [0.5, 0.6) is 0 Å². The third-order valence-corrected chi connectivity index (χ3v) is 6.82. The summed E-state index contributed by atoms with van der Waals surface area (Å²) in [5, 5.41) is 6.19.